The predicted octanol–water partition coefficient (Wildman–Crippen LogP) is 4.73. The number of sulfonamides is 1. The summed E-state index contributed by atoms with van der Waals surface area (Å²) in [6, 6.07) is 16.7. The van der Waals surface area contributed by atoms with Crippen LogP contribution in [-0.4, -0.2) is 17.8 Å². The highest BCUT2D eigenvalue weighted by Gasteiger charge is 2.17. The summed E-state index contributed by atoms with van der Waals surface area (Å²) in [5.74, 6) is 0. The van der Waals surface area contributed by atoms with Crippen LogP contribution in [0.1, 0.15) is 16.7 Å². The number of imidazole rings is 1. The minimum absolute atomic E-state index is 0.293. The fourth-order valence-electron chi connectivity index (χ4n) is 3.24. The number of aryl methyl sites for hydroxylation is 3. The van der Waals surface area contributed by atoms with Crippen LogP contribution in [0.3, 0.4) is 0 Å². The molecule has 0 aliphatic carbocycles. The third kappa shape index (κ3) is 3.39. The van der Waals surface area contributed by atoms with E-state index in [-0.39, 0.29) is 0 Å². The predicted molar refractivity (Wildman–Crippen MR) is 112 cm³/mol. The molecular weight excluding hydrogens is 370 g/mol. The standard InChI is InChI=1S/C22H21N3O2S/c1-15-9-10-16(2)21(12-15)28(26,27)24-19-8-4-7-18(13-19)20-14-25-11-5-6-17(3)22(25)23-20/h4-14,24H,1-3H3. The molecule has 142 valence electrons. The van der Waals surface area contributed by atoms with Crippen LogP contribution in [0.25, 0.3) is 16.9 Å². The first kappa shape index (κ1) is 18.3. The van der Waals surface area contributed by atoms with Gasteiger partial charge >= 0.3 is 0 Å². The van der Waals surface area contributed by atoms with Gasteiger partial charge in [0.2, 0.25) is 0 Å². The second-order valence-electron chi connectivity index (χ2n) is 7.00. The number of hydrogen-bond donors (Lipinski definition) is 1. The average molecular weight is 391 g/mol. The summed E-state index contributed by atoms with van der Waals surface area (Å²) in [5, 5.41) is 0. The van der Waals surface area contributed by atoms with Crippen molar-refractivity contribution in [1.29, 1.82) is 0 Å². The molecule has 0 unspecified atom stereocenters. The Bertz CT molecular complexity index is 1290. The second-order valence-corrected chi connectivity index (χ2v) is 8.65. The van der Waals surface area contributed by atoms with E-state index >= 15 is 0 Å². The van der Waals surface area contributed by atoms with Crippen LogP contribution in [0, 0.1) is 20.8 Å². The van der Waals surface area contributed by atoms with E-state index in [9.17, 15) is 8.42 Å². The quantitative estimate of drug-likeness (QED) is 0.547. The van der Waals surface area contributed by atoms with Crippen LogP contribution in [0.4, 0.5) is 5.69 Å². The Morgan fingerprint density at radius 3 is 2.54 bits per heavy atom. The second kappa shape index (κ2) is 6.80. The normalized spacial score (nSPS) is 11.7. The molecule has 0 aliphatic heterocycles. The molecule has 0 saturated heterocycles. The third-order valence-corrected chi connectivity index (χ3v) is 6.24. The molecule has 0 radical (unpaired) electrons. The van der Waals surface area contributed by atoms with Crippen molar-refractivity contribution >= 4 is 21.4 Å². The zero-order valence-corrected chi connectivity index (χ0v) is 16.8. The number of fused-ring (bicyclic) bond motifs is 1. The van der Waals surface area contributed by atoms with Gasteiger partial charge in [-0.2, -0.15) is 0 Å². The highest BCUT2D eigenvalue weighted by molar-refractivity contribution is 7.92. The summed E-state index contributed by atoms with van der Waals surface area (Å²) in [4.78, 5) is 4.98. The number of nitrogens with one attached hydrogen (secondary N) is 1. The molecular formula is C22H21N3O2S. The molecule has 4 aromatic rings. The average Bonchev–Trinajstić information content (AvgIpc) is 3.09. The first-order valence-corrected chi connectivity index (χ1v) is 10.5. The van der Waals surface area contributed by atoms with Crippen LogP contribution in [-0.2, 0) is 10.0 Å². The van der Waals surface area contributed by atoms with Gasteiger partial charge < -0.3 is 4.40 Å². The number of rotatable bonds is 4. The Hall–Kier alpha value is -3.12. The zero-order valence-electron chi connectivity index (χ0n) is 16.0. The molecule has 0 saturated carbocycles. The molecule has 28 heavy (non-hydrogen) atoms. The monoisotopic (exact) mass is 391 g/mol. The smallest absolute Gasteiger partial charge is 0.262 e. The van der Waals surface area contributed by atoms with Crippen molar-refractivity contribution in [3.05, 3.63) is 83.7 Å². The van der Waals surface area contributed by atoms with E-state index in [0.717, 1.165) is 28.0 Å². The van der Waals surface area contributed by atoms with Gasteiger partial charge in [-0.15, -0.1) is 0 Å². The molecule has 2 aromatic carbocycles. The minimum Gasteiger partial charge on any atom is -0.306 e. The van der Waals surface area contributed by atoms with Crippen LogP contribution < -0.4 is 4.72 Å². The van der Waals surface area contributed by atoms with E-state index < -0.39 is 10.0 Å². The van der Waals surface area contributed by atoms with E-state index in [4.69, 9.17) is 0 Å². The van der Waals surface area contributed by atoms with Gasteiger partial charge in [0, 0.05) is 23.6 Å². The summed E-state index contributed by atoms with van der Waals surface area (Å²) < 4.78 is 30.4. The van der Waals surface area contributed by atoms with Gasteiger partial charge in [-0.3, -0.25) is 4.72 Å². The first-order valence-electron chi connectivity index (χ1n) is 8.98. The van der Waals surface area contributed by atoms with Crippen LogP contribution in [0.5, 0.6) is 0 Å². The van der Waals surface area contributed by atoms with Crippen LogP contribution >= 0.6 is 0 Å². The summed E-state index contributed by atoms with van der Waals surface area (Å²) in [6.07, 6.45) is 3.90. The molecule has 1 N–H and O–H groups in total. The van der Waals surface area contributed by atoms with Crippen molar-refractivity contribution in [3.63, 3.8) is 0 Å². The first-order chi connectivity index (χ1) is 13.3. The SMILES string of the molecule is Cc1ccc(C)c(S(=O)(=O)Nc2cccc(-c3cn4cccc(C)c4n3)c2)c1. The number of nitrogens with zero attached hydrogens (tertiary/aromatic N) is 2. The lowest BCUT2D eigenvalue weighted by Crippen LogP contribution is -2.14. The molecule has 4 rings (SSSR count). The fourth-order valence-corrected chi connectivity index (χ4v) is 4.62. The molecule has 5 nitrogen and oxygen atoms in total. The maximum Gasteiger partial charge on any atom is 0.262 e. The molecule has 0 aliphatic rings. The van der Waals surface area contributed by atoms with Crippen molar-refractivity contribution in [2.45, 2.75) is 25.7 Å². The lowest BCUT2D eigenvalue weighted by Gasteiger charge is -2.12. The van der Waals surface area contributed by atoms with Crippen molar-refractivity contribution in [2.75, 3.05) is 4.72 Å². The van der Waals surface area contributed by atoms with E-state index in [1.165, 1.54) is 0 Å². The van der Waals surface area contributed by atoms with Gasteiger partial charge in [0.25, 0.3) is 10.0 Å². The molecule has 0 atom stereocenters. The summed E-state index contributed by atoms with van der Waals surface area (Å²) >= 11 is 0. The van der Waals surface area contributed by atoms with Crippen LogP contribution in [0.15, 0.2) is 71.9 Å². The van der Waals surface area contributed by atoms with E-state index in [1.54, 1.807) is 25.1 Å². The lowest BCUT2D eigenvalue weighted by atomic mass is 10.1. The summed E-state index contributed by atoms with van der Waals surface area (Å²) in [7, 11) is -3.67. The van der Waals surface area contributed by atoms with Gasteiger partial charge in [-0.05, 0) is 61.7 Å². The topological polar surface area (TPSA) is 63.5 Å². The maximum absolute atomic E-state index is 12.9. The number of benzene rings is 2. The zero-order chi connectivity index (χ0) is 19.9. The Balaban J connectivity index is 1.70. The van der Waals surface area contributed by atoms with Gasteiger partial charge in [-0.25, -0.2) is 13.4 Å². The minimum atomic E-state index is -3.67. The van der Waals surface area contributed by atoms with Gasteiger partial charge in [0.05, 0.1) is 10.6 Å². The number of anilines is 1. The highest BCUT2D eigenvalue weighted by atomic mass is 32.2. The van der Waals surface area contributed by atoms with Crippen molar-refractivity contribution < 1.29 is 8.42 Å². The molecule has 0 fully saturated rings. The summed E-state index contributed by atoms with van der Waals surface area (Å²) in [6.45, 7) is 5.69. The molecule has 2 aromatic heterocycles. The summed E-state index contributed by atoms with van der Waals surface area (Å²) in [5.41, 5.74) is 5.74. The molecule has 6 heteroatoms. The third-order valence-electron chi connectivity index (χ3n) is 4.72. The Kier molecular flexibility index (Phi) is 4.43. The van der Waals surface area contributed by atoms with Crippen molar-refractivity contribution in [2.24, 2.45) is 0 Å². The maximum atomic E-state index is 12.9. The number of hydrogen-bond acceptors (Lipinski definition) is 3. The molecule has 0 spiro atoms. The fraction of sp³-hybridized carbons (Fsp3) is 0.136. The van der Waals surface area contributed by atoms with E-state index in [1.807, 2.05) is 67.0 Å². The van der Waals surface area contributed by atoms with Crippen LogP contribution in [0.2, 0.25) is 0 Å². The molecule has 0 amide bonds. The number of pyridine rings is 1. The van der Waals surface area contributed by atoms with Gasteiger partial charge in [0.1, 0.15) is 5.65 Å². The van der Waals surface area contributed by atoms with Gasteiger partial charge in [-0.1, -0.05) is 30.3 Å². The Morgan fingerprint density at radius 1 is 0.929 bits per heavy atom. The molecule has 2 heterocycles. The number of aromatic nitrogens is 2. The van der Waals surface area contributed by atoms with Crippen molar-refractivity contribution in [3.8, 4) is 11.3 Å². The highest BCUT2D eigenvalue weighted by Crippen LogP contribution is 2.26. The van der Waals surface area contributed by atoms with Gasteiger partial charge in [0.15, 0.2) is 0 Å². The Labute approximate surface area is 164 Å². The van der Waals surface area contributed by atoms with Crippen molar-refractivity contribution in [1.82, 2.24) is 9.38 Å². The lowest BCUT2D eigenvalue weighted by molar-refractivity contribution is 0.600. The van der Waals surface area contributed by atoms with E-state index in [2.05, 4.69) is 9.71 Å². The molecule has 0 bridgehead atoms. The largest absolute Gasteiger partial charge is 0.306 e. The Morgan fingerprint density at radius 2 is 1.75 bits per heavy atom. The van der Waals surface area contributed by atoms with E-state index in [0.29, 0.717) is 16.1 Å².